The van der Waals surface area contributed by atoms with E-state index in [0.717, 1.165) is 6.42 Å². The quantitative estimate of drug-likeness (QED) is 0.453. The van der Waals surface area contributed by atoms with Gasteiger partial charge < -0.3 is 0 Å². The molecule has 4 heteroatoms. The summed E-state index contributed by atoms with van der Waals surface area (Å²) in [7, 11) is 0. The van der Waals surface area contributed by atoms with Crippen LogP contribution in [0.3, 0.4) is 0 Å². The summed E-state index contributed by atoms with van der Waals surface area (Å²) in [5.41, 5.74) is 0. The lowest BCUT2D eigenvalue weighted by Crippen LogP contribution is -2.39. The molecular formula is C9H8Cl4. The van der Waals surface area contributed by atoms with E-state index >= 15 is 0 Å². The van der Waals surface area contributed by atoms with Gasteiger partial charge in [-0.2, -0.15) is 0 Å². The van der Waals surface area contributed by atoms with Gasteiger partial charge in [0, 0.05) is 11.8 Å². The molecule has 0 bridgehead atoms. The highest BCUT2D eigenvalue weighted by atomic mass is 35.5. The Morgan fingerprint density at radius 2 is 1.62 bits per heavy atom. The second-order valence-electron chi connectivity index (χ2n) is 3.48. The molecule has 0 aromatic heterocycles. The van der Waals surface area contributed by atoms with Crippen molar-refractivity contribution in [3.8, 4) is 0 Å². The van der Waals surface area contributed by atoms with Gasteiger partial charge in [0.15, 0.2) is 0 Å². The van der Waals surface area contributed by atoms with Crippen molar-refractivity contribution in [2.45, 2.75) is 15.1 Å². The first-order valence-corrected chi connectivity index (χ1v) is 5.57. The molecule has 0 saturated heterocycles. The molecule has 2 aliphatic rings. The van der Waals surface area contributed by atoms with Crippen molar-refractivity contribution in [2.24, 2.45) is 11.8 Å². The molecule has 2 rings (SSSR count). The maximum atomic E-state index is 6.12. The third kappa shape index (κ3) is 1.63. The van der Waals surface area contributed by atoms with Gasteiger partial charge in [-0.15, -0.1) is 0 Å². The zero-order chi connectivity index (χ0) is 9.69. The van der Waals surface area contributed by atoms with Gasteiger partial charge in [-0.3, -0.25) is 0 Å². The lowest BCUT2D eigenvalue weighted by Gasteiger charge is -2.38. The Hall–Kier alpha value is 0.640. The lowest BCUT2D eigenvalue weighted by atomic mass is 9.84. The van der Waals surface area contributed by atoms with Crippen LogP contribution in [-0.2, 0) is 0 Å². The topological polar surface area (TPSA) is 0 Å². The van der Waals surface area contributed by atoms with E-state index < -0.39 is 8.67 Å². The molecule has 0 heterocycles. The summed E-state index contributed by atoms with van der Waals surface area (Å²) in [6.45, 7) is 0. The maximum absolute atomic E-state index is 6.12. The fourth-order valence-electron chi connectivity index (χ4n) is 1.90. The highest BCUT2D eigenvalue weighted by Crippen LogP contribution is 2.54. The van der Waals surface area contributed by atoms with Crippen molar-refractivity contribution in [3.63, 3.8) is 0 Å². The Bertz CT molecular complexity index is 277. The SMILES string of the molecule is ClC1(Cl)C=CC(Cl)(Cl)C2CC=CC21. The van der Waals surface area contributed by atoms with Crippen LogP contribution < -0.4 is 0 Å². The number of alkyl halides is 4. The smallest absolute Gasteiger partial charge is 0.0966 e. The first-order chi connectivity index (χ1) is 5.93. The summed E-state index contributed by atoms with van der Waals surface area (Å²) in [5, 5.41) is 0. The van der Waals surface area contributed by atoms with E-state index in [1.54, 1.807) is 12.2 Å². The standard InChI is InChI=1S/C9H8Cl4/c10-8(11)4-5-9(12,13)7-3-1-2-6(7)8/h1-2,4-7H,3H2. The molecule has 13 heavy (non-hydrogen) atoms. The van der Waals surface area contributed by atoms with Crippen LogP contribution in [0.4, 0.5) is 0 Å². The average molecular weight is 258 g/mol. The Labute approximate surface area is 97.5 Å². The summed E-state index contributed by atoms with van der Waals surface area (Å²) in [4.78, 5) is 0. The van der Waals surface area contributed by atoms with E-state index in [1.165, 1.54) is 0 Å². The van der Waals surface area contributed by atoms with Gasteiger partial charge in [0.2, 0.25) is 0 Å². The number of allylic oxidation sites excluding steroid dienone is 4. The number of hydrogen-bond acceptors (Lipinski definition) is 0. The van der Waals surface area contributed by atoms with Crippen LogP contribution in [0.15, 0.2) is 24.3 Å². The number of halogens is 4. The highest BCUT2D eigenvalue weighted by molar-refractivity contribution is 6.53. The fraction of sp³-hybridized carbons (Fsp3) is 0.556. The van der Waals surface area contributed by atoms with E-state index in [9.17, 15) is 0 Å². The number of rotatable bonds is 0. The van der Waals surface area contributed by atoms with Crippen molar-refractivity contribution in [1.82, 2.24) is 0 Å². The predicted molar refractivity (Wildman–Crippen MR) is 58.8 cm³/mol. The van der Waals surface area contributed by atoms with Crippen LogP contribution in [0.5, 0.6) is 0 Å². The Morgan fingerprint density at radius 1 is 1.00 bits per heavy atom. The van der Waals surface area contributed by atoms with Crippen LogP contribution in [-0.4, -0.2) is 8.67 Å². The first kappa shape index (κ1) is 10.2. The number of fused-ring (bicyclic) bond motifs is 1. The predicted octanol–water partition coefficient (Wildman–Crippen LogP) is 4.10. The number of hydrogen-bond donors (Lipinski definition) is 0. The maximum Gasteiger partial charge on any atom is 0.143 e. The van der Waals surface area contributed by atoms with Crippen LogP contribution in [0.2, 0.25) is 0 Å². The molecule has 0 spiro atoms. The summed E-state index contributed by atoms with van der Waals surface area (Å²) < 4.78 is -1.69. The van der Waals surface area contributed by atoms with Crippen LogP contribution in [0, 0.1) is 11.8 Å². The molecule has 0 N–H and O–H groups in total. The normalized spacial score (nSPS) is 39.1. The van der Waals surface area contributed by atoms with E-state index in [1.807, 2.05) is 12.2 Å². The zero-order valence-electron chi connectivity index (χ0n) is 6.68. The van der Waals surface area contributed by atoms with E-state index in [4.69, 9.17) is 46.4 Å². The van der Waals surface area contributed by atoms with Gasteiger partial charge in [0.1, 0.15) is 8.67 Å². The van der Waals surface area contributed by atoms with Crippen molar-refractivity contribution < 1.29 is 0 Å². The van der Waals surface area contributed by atoms with Gasteiger partial charge in [0.25, 0.3) is 0 Å². The molecule has 2 unspecified atom stereocenters. The van der Waals surface area contributed by atoms with Crippen LogP contribution >= 0.6 is 46.4 Å². The van der Waals surface area contributed by atoms with Gasteiger partial charge in [-0.25, -0.2) is 0 Å². The minimum absolute atomic E-state index is 0.0239. The Kier molecular flexibility index (Phi) is 2.40. The second-order valence-corrected chi connectivity index (χ2v) is 6.37. The molecule has 0 radical (unpaired) electrons. The molecule has 0 saturated carbocycles. The van der Waals surface area contributed by atoms with Gasteiger partial charge in [0.05, 0.1) is 0 Å². The summed E-state index contributed by atoms with van der Waals surface area (Å²) in [5.74, 6) is 0.117. The largest absolute Gasteiger partial charge is 0.143 e. The van der Waals surface area contributed by atoms with Crippen LogP contribution in [0.25, 0.3) is 0 Å². The molecule has 0 aromatic carbocycles. The average Bonchev–Trinajstić information content (AvgIpc) is 2.48. The molecule has 2 atom stereocenters. The molecule has 0 aliphatic heterocycles. The highest BCUT2D eigenvalue weighted by Gasteiger charge is 2.50. The summed E-state index contributed by atoms with van der Waals surface area (Å²) >= 11 is 24.5. The molecule has 2 aliphatic carbocycles. The van der Waals surface area contributed by atoms with Gasteiger partial charge in [-0.1, -0.05) is 58.6 Å². The minimum atomic E-state index is -0.856. The van der Waals surface area contributed by atoms with Gasteiger partial charge >= 0.3 is 0 Å². The minimum Gasteiger partial charge on any atom is -0.0966 e. The summed E-state index contributed by atoms with van der Waals surface area (Å²) in [6.07, 6.45) is 8.22. The molecule has 72 valence electrons. The molecule has 0 nitrogen and oxygen atoms in total. The van der Waals surface area contributed by atoms with E-state index in [0.29, 0.717) is 0 Å². The van der Waals surface area contributed by atoms with Gasteiger partial charge in [-0.05, 0) is 18.6 Å². The molecule has 0 fully saturated rings. The van der Waals surface area contributed by atoms with Crippen molar-refractivity contribution in [1.29, 1.82) is 0 Å². The Morgan fingerprint density at radius 3 is 2.23 bits per heavy atom. The first-order valence-electron chi connectivity index (χ1n) is 4.06. The fourth-order valence-corrected chi connectivity index (χ4v) is 3.05. The van der Waals surface area contributed by atoms with E-state index in [-0.39, 0.29) is 11.8 Å². The molecular weight excluding hydrogens is 250 g/mol. The monoisotopic (exact) mass is 256 g/mol. The zero-order valence-corrected chi connectivity index (χ0v) is 9.71. The third-order valence-corrected chi connectivity index (χ3v) is 4.20. The van der Waals surface area contributed by atoms with E-state index in [2.05, 4.69) is 0 Å². The second kappa shape index (κ2) is 3.06. The summed E-state index contributed by atoms with van der Waals surface area (Å²) in [6, 6.07) is 0. The lowest BCUT2D eigenvalue weighted by molar-refractivity contribution is 0.384. The molecule has 0 aromatic rings. The van der Waals surface area contributed by atoms with Crippen LogP contribution in [0.1, 0.15) is 6.42 Å². The van der Waals surface area contributed by atoms with Crippen molar-refractivity contribution >= 4 is 46.4 Å². The van der Waals surface area contributed by atoms with Crippen molar-refractivity contribution in [3.05, 3.63) is 24.3 Å². The Balaban J connectivity index is 2.40. The van der Waals surface area contributed by atoms with Crippen molar-refractivity contribution in [2.75, 3.05) is 0 Å². The molecule has 0 amide bonds. The third-order valence-electron chi connectivity index (χ3n) is 2.63.